The molecule has 0 atom stereocenters. The zero-order valence-corrected chi connectivity index (χ0v) is 10.7. The Morgan fingerprint density at radius 2 is 2.12 bits per heavy atom. The minimum Gasteiger partial charge on any atom is -0.332 e. The summed E-state index contributed by atoms with van der Waals surface area (Å²) in [5.74, 6) is 1.22. The Labute approximate surface area is 101 Å². The SMILES string of the molecule is Cc1ncc(S(=O)(=O)N(CC2CC2)C2CC2)[nH]1. The van der Waals surface area contributed by atoms with E-state index in [0.717, 1.165) is 12.8 Å². The van der Waals surface area contributed by atoms with Crippen LogP contribution in [0.25, 0.3) is 0 Å². The van der Waals surface area contributed by atoms with E-state index in [1.54, 1.807) is 11.2 Å². The van der Waals surface area contributed by atoms with Crippen molar-refractivity contribution in [1.29, 1.82) is 0 Å². The summed E-state index contributed by atoms with van der Waals surface area (Å²) in [6, 6.07) is 0.226. The number of hydrogen-bond donors (Lipinski definition) is 1. The molecule has 0 radical (unpaired) electrons. The van der Waals surface area contributed by atoms with E-state index in [1.807, 2.05) is 0 Å². The third kappa shape index (κ3) is 2.24. The van der Waals surface area contributed by atoms with Crippen molar-refractivity contribution in [2.45, 2.75) is 43.7 Å². The van der Waals surface area contributed by atoms with Crippen LogP contribution in [0.4, 0.5) is 0 Å². The molecule has 3 rings (SSSR count). The molecule has 1 N–H and O–H groups in total. The Morgan fingerprint density at radius 3 is 2.59 bits per heavy atom. The topological polar surface area (TPSA) is 66.1 Å². The first kappa shape index (κ1) is 11.2. The first-order valence-corrected chi connectivity index (χ1v) is 7.55. The van der Waals surface area contributed by atoms with Crippen molar-refractivity contribution in [3.8, 4) is 0 Å². The second-order valence-electron chi connectivity index (χ2n) is 5.08. The van der Waals surface area contributed by atoms with E-state index < -0.39 is 10.0 Å². The van der Waals surface area contributed by atoms with Crippen molar-refractivity contribution in [2.75, 3.05) is 6.54 Å². The Morgan fingerprint density at radius 1 is 1.41 bits per heavy atom. The highest BCUT2D eigenvalue weighted by Crippen LogP contribution is 2.37. The number of nitrogens with one attached hydrogen (secondary N) is 1. The highest BCUT2D eigenvalue weighted by atomic mass is 32.2. The van der Waals surface area contributed by atoms with Gasteiger partial charge >= 0.3 is 0 Å². The summed E-state index contributed by atoms with van der Waals surface area (Å²) in [5.41, 5.74) is 0. The average Bonchev–Trinajstić information content (AvgIpc) is 3.16. The molecule has 1 aromatic rings. The van der Waals surface area contributed by atoms with Gasteiger partial charge in [-0.05, 0) is 38.5 Å². The smallest absolute Gasteiger partial charge is 0.260 e. The maximum absolute atomic E-state index is 12.4. The Kier molecular flexibility index (Phi) is 2.52. The van der Waals surface area contributed by atoms with Gasteiger partial charge in [-0.1, -0.05) is 0 Å². The molecule has 5 nitrogen and oxygen atoms in total. The molecule has 0 aliphatic heterocycles. The van der Waals surface area contributed by atoms with Gasteiger partial charge in [-0.25, -0.2) is 13.4 Å². The molecule has 0 aromatic carbocycles. The average molecular weight is 255 g/mol. The van der Waals surface area contributed by atoms with Gasteiger partial charge in [-0.15, -0.1) is 0 Å². The van der Waals surface area contributed by atoms with Crippen LogP contribution in [0, 0.1) is 12.8 Å². The van der Waals surface area contributed by atoms with Crippen LogP contribution in [0.15, 0.2) is 11.2 Å². The van der Waals surface area contributed by atoms with Crippen molar-refractivity contribution in [1.82, 2.24) is 14.3 Å². The van der Waals surface area contributed by atoms with Crippen molar-refractivity contribution < 1.29 is 8.42 Å². The third-order valence-electron chi connectivity index (χ3n) is 3.36. The lowest BCUT2D eigenvalue weighted by Crippen LogP contribution is -2.35. The van der Waals surface area contributed by atoms with Gasteiger partial charge in [-0.2, -0.15) is 4.31 Å². The zero-order valence-electron chi connectivity index (χ0n) is 9.89. The number of H-pyrrole nitrogens is 1. The predicted octanol–water partition coefficient (Wildman–Crippen LogP) is 1.28. The number of nitrogens with zero attached hydrogens (tertiary/aromatic N) is 2. The fraction of sp³-hybridized carbons (Fsp3) is 0.727. The highest BCUT2D eigenvalue weighted by Gasteiger charge is 2.41. The Bertz CT molecular complexity index is 515. The van der Waals surface area contributed by atoms with Crippen LogP contribution < -0.4 is 0 Å². The molecule has 0 unspecified atom stereocenters. The van der Waals surface area contributed by atoms with Gasteiger partial charge in [0.15, 0.2) is 5.03 Å². The molecule has 1 heterocycles. The van der Waals surface area contributed by atoms with E-state index >= 15 is 0 Å². The monoisotopic (exact) mass is 255 g/mol. The minimum atomic E-state index is -3.36. The van der Waals surface area contributed by atoms with Crippen LogP contribution in [-0.4, -0.2) is 35.3 Å². The van der Waals surface area contributed by atoms with Gasteiger partial charge in [0.25, 0.3) is 10.0 Å². The normalized spacial score (nSPS) is 21.1. The molecule has 0 spiro atoms. The van der Waals surface area contributed by atoms with Gasteiger partial charge < -0.3 is 4.98 Å². The molecular weight excluding hydrogens is 238 g/mol. The molecule has 0 amide bonds. The van der Waals surface area contributed by atoms with Gasteiger partial charge in [0.1, 0.15) is 5.82 Å². The largest absolute Gasteiger partial charge is 0.332 e. The molecular formula is C11H17N3O2S. The van der Waals surface area contributed by atoms with E-state index in [2.05, 4.69) is 9.97 Å². The fourth-order valence-corrected chi connectivity index (χ4v) is 3.74. The standard InChI is InChI=1S/C11H17N3O2S/c1-8-12-6-11(13-8)17(15,16)14(10-4-5-10)7-9-2-3-9/h6,9-10H,2-5,7H2,1H3,(H,12,13). The summed E-state index contributed by atoms with van der Waals surface area (Å²) >= 11 is 0. The lowest BCUT2D eigenvalue weighted by atomic mass is 10.4. The lowest BCUT2D eigenvalue weighted by Gasteiger charge is -2.20. The van der Waals surface area contributed by atoms with Crippen LogP contribution in [0.1, 0.15) is 31.5 Å². The first-order valence-electron chi connectivity index (χ1n) is 6.11. The lowest BCUT2D eigenvalue weighted by molar-refractivity contribution is 0.387. The predicted molar refractivity (Wildman–Crippen MR) is 63.0 cm³/mol. The summed E-state index contributed by atoms with van der Waals surface area (Å²) < 4.78 is 26.6. The Balaban J connectivity index is 1.87. The summed E-state index contributed by atoms with van der Waals surface area (Å²) in [5, 5.41) is 0.238. The number of hydrogen-bond acceptors (Lipinski definition) is 3. The molecule has 1 aromatic heterocycles. The van der Waals surface area contributed by atoms with Crippen molar-refractivity contribution in [3.63, 3.8) is 0 Å². The van der Waals surface area contributed by atoms with Crippen LogP contribution in [-0.2, 0) is 10.0 Å². The minimum absolute atomic E-state index is 0.226. The van der Waals surface area contributed by atoms with Crippen LogP contribution in [0.2, 0.25) is 0 Å². The summed E-state index contributed by atoms with van der Waals surface area (Å²) in [6.07, 6.45) is 5.76. The maximum Gasteiger partial charge on any atom is 0.260 e. The van der Waals surface area contributed by atoms with Gasteiger partial charge in [-0.3, -0.25) is 0 Å². The summed E-state index contributed by atoms with van der Waals surface area (Å²) in [6.45, 7) is 2.45. The number of sulfonamides is 1. The van der Waals surface area contributed by atoms with E-state index in [9.17, 15) is 8.42 Å². The number of aromatic amines is 1. The summed E-state index contributed by atoms with van der Waals surface area (Å²) in [7, 11) is -3.36. The second kappa shape index (κ2) is 3.81. The van der Waals surface area contributed by atoms with Crippen LogP contribution in [0.3, 0.4) is 0 Å². The number of imidazole rings is 1. The van der Waals surface area contributed by atoms with Crippen LogP contribution >= 0.6 is 0 Å². The van der Waals surface area contributed by atoms with Crippen molar-refractivity contribution in [2.24, 2.45) is 5.92 Å². The molecule has 2 aliphatic carbocycles. The number of aryl methyl sites for hydroxylation is 1. The molecule has 0 bridgehead atoms. The molecule has 0 saturated heterocycles. The summed E-state index contributed by atoms with van der Waals surface area (Å²) in [4.78, 5) is 6.81. The first-order chi connectivity index (χ1) is 8.07. The van der Waals surface area contributed by atoms with E-state index in [0.29, 0.717) is 18.3 Å². The zero-order chi connectivity index (χ0) is 12.0. The highest BCUT2D eigenvalue weighted by molar-refractivity contribution is 7.89. The van der Waals surface area contributed by atoms with Gasteiger partial charge in [0, 0.05) is 12.6 Å². The van der Waals surface area contributed by atoms with Crippen molar-refractivity contribution in [3.05, 3.63) is 12.0 Å². The van der Waals surface area contributed by atoms with Crippen molar-refractivity contribution >= 4 is 10.0 Å². The molecule has 2 fully saturated rings. The second-order valence-corrected chi connectivity index (χ2v) is 6.94. The molecule has 2 aliphatic rings. The van der Waals surface area contributed by atoms with E-state index in [1.165, 1.54) is 19.0 Å². The quantitative estimate of drug-likeness (QED) is 0.862. The molecule has 17 heavy (non-hydrogen) atoms. The number of aromatic nitrogens is 2. The maximum atomic E-state index is 12.4. The van der Waals surface area contributed by atoms with Gasteiger partial charge in [0.05, 0.1) is 6.20 Å². The van der Waals surface area contributed by atoms with E-state index in [-0.39, 0.29) is 11.1 Å². The van der Waals surface area contributed by atoms with Crippen LogP contribution in [0.5, 0.6) is 0 Å². The third-order valence-corrected chi connectivity index (χ3v) is 5.18. The number of rotatable bonds is 5. The Hall–Kier alpha value is -0.880. The fourth-order valence-electron chi connectivity index (χ4n) is 2.02. The van der Waals surface area contributed by atoms with Gasteiger partial charge in [0.2, 0.25) is 0 Å². The molecule has 2 saturated carbocycles. The molecule has 6 heteroatoms. The molecule has 94 valence electrons. The van der Waals surface area contributed by atoms with E-state index in [4.69, 9.17) is 0 Å².